The molecule has 1 amide bonds. The van der Waals surface area contributed by atoms with Crippen LogP contribution >= 0.6 is 23.1 Å². The Morgan fingerprint density at radius 1 is 1.75 bits per heavy atom. The van der Waals surface area contributed by atoms with Gasteiger partial charge in [0.25, 0.3) is 0 Å². The number of aromatic nitrogens is 2. The maximum atomic E-state index is 11.1. The third kappa shape index (κ3) is 1.59. The number of rotatable bonds is 2. The Morgan fingerprint density at radius 2 is 2.67 bits per heavy atom. The summed E-state index contributed by atoms with van der Waals surface area (Å²) in [6.45, 7) is 0.787. The number of hydrogen-bond acceptors (Lipinski definition) is 5. The summed E-state index contributed by atoms with van der Waals surface area (Å²) in [4.78, 5) is 11.1. The quantitative estimate of drug-likeness (QED) is 0.758. The number of nitrogens with one attached hydrogen (secondary N) is 1. The highest BCUT2D eigenvalue weighted by atomic mass is 32.2. The molecule has 1 saturated heterocycles. The molecule has 1 N–H and O–H groups in total. The minimum atomic E-state index is 0.0398. The second-order valence-corrected chi connectivity index (χ2v) is 4.67. The first kappa shape index (κ1) is 8.00. The molecule has 0 aromatic carbocycles. The molecule has 1 aliphatic heterocycles. The molecule has 1 fully saturated rings. The van der Waals surface area contributed by atoms with Gasteiger partial charge in [0.1, 0.15) is 5.51 Å². The van der Waals surface area contributed by atoms with Crippen LogP contribution in [0.3, 0.4) is 0 Å². The van der Waals surface area contributed by atoms with E-state index in [0.29, 0.717) is 0 Å². The van der Waals surface area contributed by atoms with Gasteiger partial charge in [-0.3, -0.25) is 4.79 Å². The molecule has 2 rings (SSSR count). The van der Waals surface area contributed by atoms with Crippen molar-refractivity contribution in [2.45, 2.75) is 16.0 Å². The molecule has 1 aromatic heterocycles. The summed E-state index contributed by atoms with van der Waals surface area (Å²) in [7, 11) is 0. The monoisotopic (exact) mass is 201 g/mol. The van der Waals surface area contributed by atoms with E-state index in [0.717, 1.165) is 17.3 Å². The van der Waals surface area contributed by atoms with Crippen LogP contribution in [0.5, 0.6) is 0 Å². The first-order valence-corrected chi connectivity index (χ1v) is 5.33. The molecule has 1 aromatic rings. The fourth-order valence-corrected chi connectivity index (χ4v) is 2.76. The van der Waals surface area contributed by atoms with E-state index in [9.17, 15) is 4.79 Å². The summed E-state index contributed by atoms with van der Waals surface area (Å²) in [6, 6.07) is 0. The molecule has 1 aliphatic rings. The summed E-state index contributed by atoms with van der Waals surface area (Å²) in [5.74, 6) is 0.121. The van der Waals surface area contributed by atoms with Crippen molar-refractivity contribution in [2.24, 2.45) is 0 Å². The van der Waals surface area contributed by atoms with Crippen LogP contribution in [0.2, 0.25) is 0 Å². The van der Waals surface area contributed by atoms with Crippen LogP contribution in [0.4, 0.5) is 0 Å². The highest BCUT2D eigenvalue weighted by Crippen LogP contribution is 2.27. The van der Waals surface area contributed by atoms with Crippen molar-refractivity contribution in [3.8, 4) is 0 Å². The smallest absolute Gasteiger partial charge is 0.233 e. The number of thioether (sulfide) groups is 1. The maximum absolute atomic E-state index is 11.1. The van der Waals surface area contributed by atoms with Gasteiger partial charge in [0.05, 0.1) is 5.25 Å². The highest BCUT2D eigenvalue weighted by molar-refractivity contribution is 8.02. The van der Waals surface area contributed by atoms with Gasteiger partial charge in [0.2, 0.25) is 5.91 Å². The Hall–Kier alpha value is -0.620. The number of amides is 1. The minimum absolute atomic E-state index is 0.0398. The standard InChI is InChI=1S/C6H7N3OS2/c10-5-4(1-2-7-5)12-6-9-8-3-11-6/h3-4H,1-2H2,(H,7,10). The van der Waals surface area contributed by atoms with Gasteiger partial charge in [-0.2, -0.15) is 0 Å². The SMILES string of the molecule is O=C1NCCC1Sc1nncs1. The van der Waals surface area contributed by atoms with Gasteiger partial charge in [-0.25, -0.2) is 0 Å². The van der Waals surface area contributed by atoms with Gasteiger partial charge in [-0.05, 0) is 6.42 Å². The lowest BCUT2D eigenvalue weighted by Gasteiger charge is -2.00. The molecule has 64 valence electrons. The Labute approximate surface area is 77.8 Å². The molecule has 4 nitrogen and oxygen atoms in total. The predicted molar refractivity (Wildman–Crippen MR) is 47.2 cm³/mol. The Balaban J connectivity index is 1.99. The number of nitrogens with zero attached hydrogens (tertiary/aromatic N) is 2. The van der Waals surface area contributed by atoms with Gasteiger partial charge >= 0.3 is 0 Å². The fourth-order valence-electron chi connectivity index (χ4n) is 1.02. The van der Waals surface area contributed by atoms with Gasteiger partial charge in [-0.1, -0.05) is 23.1 Å². The molecule has 0 radical (unpaired) electrons. The Kier molecular flexibility index (Phi) is 2.27. The van der Waals surface area contributed by atoms with E-state index in [2.05, 4.69) is 15.5 Å². The first-order valence-electron chi connectivity index (χ1n) is 3.57. The van der Waals surface area contributed by atoms with Crippen molar-refractivity contribution in [3.05, 3.63) is 5.51 Å². The molecule has 6 heteroatoms. The van der Waals surface area contributed by atoms with Gasteiger partial charge in [0, 0.05) is 6.54 Å². The zero-order chi connectivity index (χ0) is 8.39. The van der Waals surface area contributed by atoms with E-state index >= 15 is 0 Å². The molecule has 1 unspecified atom stereocenters. The van der Waals surface area contributed by atoms with Crippen LogP contribution in [-0.2, 0) is 4.79 Å². The summed E-state index contributed by atoms with van der Waals surface area (Å²) < 4.78 is 0.872. The average molecular weight is 201 g/mol. The second kappa shape index (κ2) is 3.40. The van der Waals surface area contributed by atoms with Crippen molar-refractivity contribution in [2.75, 3.05) is 6.54 Å². The van der Waals surface area contributed by atoms with Gasteiger partial charge in [0.15, 0.2) is 4.34 Å². The van der Waals surface area contributed by atoms with E-state index in [1.165, 1.54) is 23.1 Å². The van der Waals surface area contributed by atoms with E-state index in [1.807, 2.05) is 0 Å². The van der Waals surface area contributed by atoms with E-state index in [1.54, 1.807) is 5.51 Å². The third-order valence-electron chi connectivity index (χ3n) is 1.58. The van der Waals surface area contributed by atoms with Crippen LogP contribution in [-0.4, -0.2) is 27.9 Å². The fraction of sp³-hybridized carbons (Fsp3) is 0.500. The zero-order valence-electron chi connectivity index (χ0n) is 6.19. The van der Waals surface area contributed by atoms with Crippen LogP contribution in [0.1, 0.15) is 6.42 Å². The normalized spacial score (nSPS) is 22.7. The summed E-state index contributed by atoms with van der Waals surface area (Å²) in [6.07, 6.45) is 0.892. The van der Waals surface area contributed by atoms with Crippen molar-refractivity contribution in [1.82, 2.24) is 15.5 Å². The van der Waals surface area contributed by atoms with Crippen molar-refractivity contribution in [1.29, 1.82) is 0 Å². The topological polar surface area (TPSA) is 54.9 Å². The van der Waals surface area contributed by atoms with Crippen molar-refractivity contribution in [3.63, 3.8) is 0 Å². The van der Waals surface area contributed by atoms with Crippen LogP contribution < -0.4 is 5.32 Å². The van der Waals surface area contributed by atoms with Gasteiger partial charge < -0.3 is 5.32 Å². The molecule has 0 aliphatic carbocycles. The van der Waals surface area contributed by atoms with E-state index in [4.69, 9.17) is 0 Å². The molecular formula is C6H7N3OS2. The predicted octanol–water partition coefficient (Wildman–Crippen LogP) is 0.519. The van der Waals surface area contributed by atoms with E-state index < -0.39 is 0 Å². The lowest BCUT2D eigenvalue weighted by atomic mass is 10.4. The molecule has 0 saturated carbocycles. The second-order valence-electron chi connectivity index (χ2n) is 2.39. The average Bonchev–Trinajstić information content (AvgIpc) is 2.65. The van der Waals surface area contributed by atoms with Crippen molar-refractivity contribution >= 4 is 29.0 Å². The van der Waals surface area contributed by atoms with Gasteiger partial charge in [-0.15, -0.1) is 10.2 Å². The molecule has 12 heavy (non-hydrogen) atoms. The van der Waals surface area contributed by atoms with Crippen LogP contribution in [0.15, 0.2) is 9.85 Å². The summed E-state index contributed by atoms with van der Waals surface area (Å²) >= 11 is 2.97. The first-order chi connectivity index (χ1) is 5.86. The summed E-state index contributed by atoms with van der Waals surface area (Å²) in [5, 5.41) is 10.4. The lowest BCUT2D eigenvalue weighted by molar-refractivity contribution is -0.118. The van der Waals surface area contributed by atoms with Crippen molar-refractivity contribution < 1.29 is 4.79 Å². The number of carbonyl (C=O) groups excluding carboxylic acids is 1. The zero-order valence-corrected chi connectivity index (χ0v) is 7.82. The van der Waals surface area contributed by atoms with Crippen LogP contribution in [0, 0.1) is 0 Å². The van der Waals surface area contributed by atoms with Crippen LogP contribution in [0.25, 0.3) is 0 Å². The van der Waals surface area contributed by atoms with E-state index in [-0.39, 0.29) is 11.2 Å². The molecule has 0 bridgehead atoms. The molecular weight excluding hydrogens is 194 g/mol. The highest BCUT2D eigenvalue weighted by Gasteiger charge is 2.25. The Bertz CT molecular complexity index is 274. The largest absolute Gasteiger partial charge is 0.355 e. The lowest BCUT2D eigenvalue weighted by Crippen LogP contribution is -2.20. The maximum Gasteiger partial charge on any atom is 0.233 e. The Morgan fingerprint density at radius 3 is 3.25 bits per heavy atom. The number of hydrogen-bond donors (Lipinski definition) is 1. The number of carbonyl (C=O) groups is 1. The molecule has 2 heterocycles. The summed E-state index contributed by atoms with van der Waals surface area (Å²) in [5.41, 5.74) is 1.68. The molecule has 1 atom stereocenters. The minimum Gasteiger partial charge on any atom is -0.355 e. The third-order valence-corrected chi connectivity index (χ3v) is 3.66. The molecule has 0 spiro atoms.